The summed E-state index contributed by atoms with van der Waals surface area (Å²) >= 11 is 0. The molecule has 2 aliphatic rings. The summed E-state index contributed by atoms with van der Waals surface area (Å²) in [7, 11) is 0. The van der Waals surface area contributed by atoms with Crippen LogP contribution in [0.5, 0.6) is 0 Å². The van der Waals surface area contributed by atoms with E-state index < -0.39 is 0 Å². The quantitative estimate of drug-likeness (QED) is 0.839. The van der Waals surface area contributed by atoms with Gasteiger partial charge in [0.25, 0.3) is 0 Å². The first-order valence-corrected chi connectivity index (χ1v) is 8.56. The zero-order valence-corrected chi connectivity index (χ0v) is 13.8. The summed E-state index contributed by atoms with van der Waals surface area (Å²) in [5, 5.41) is 3.57. The van der Waals surface area contributed by atoms with Gasteiger partial charge in [0.1, 0.15) is 0 Å². The fourth-order valence-electron chi connectivity index (χ4n) is 3.73. The maximum absolute atomic E-state index is 5.83. The first-order valence-electron chi connectivity index (χ1n) is 8.56. The number of hydrogen-bond acceptors (Lipinski definition) is 3. The Morgan fingerprint density at radius 1 is 1.10 bits per heavy atom. The van der Waals surface area contributed by atoms with Crippen molar-refractivity contribution >= 4 is 0 Å². The summed E-state index contributed by atoms with van der Waals surface area (Å²) in [5.41, 5.74) is 0.884. The standard InChI is InChI=1S/C17H34N2O/c1-4-18-13-17(8-6-12-20-15-17)14-19-10-5-7-16(2,3)9-11-19/h18H,4-15H2,1-3H3. The fourth-order valence-corrected chi connectivity index (χ4v) is 3.73. The summed E-state index contributed by atoms with van der Waals surface area (Å²) < 4.78 is 5.83. The Morgan fingerprint density at radius 2 is 1.95 bits per heavy atom. The average Bonchev–Trinajstić information content (AvgIpc) is 2.59. The van der Waals surface area contributed by atoms with Gasteiger partial charge in [0.05, 0.1) is 6.61 Å². The molecule has 20 heavy (non-hydrogen) atoms. The zero-order chi connectivity index (χ0) is 14.5. The van der Waals surface area contributed by atoms with E-state index in [0.717, 1.165) is 26.3 Å². The third-order valence-corrected chi connectivity index (χ3v) is 5.15. The smallest absolute Gasteiger partial charge is 0.0546 e. The highest BCUT2D eigenvalue weighted by Crippen LogP contribution is 2.33. The van der Waals surface area contributed by atoms with Gasteiger partial charge >= 0.3 is 0 Å². The van der Waals surface area contributed by atoms with Crippen LogP contribution >= 0.6 is 0 Å². The van der Waals surface area contributed by atoms with E-state index in [1.807, 2.05) is 0 Å². The summed E-state index contributed by atoms with van der Waals surface area (Å²) in [6, 6.07) is 0. The minimum absolute atomic E-state index is 0.350. The predicted molar refractivity (Wildman–Crippen MR) is 85.1 cm³/mol. The molecular weight excluding hydrogens is 248 g/mol. The number of likely N-dealkylation sites (tertiary alicyclic amines) is 1. The van der Waals surface area contributed by atoms with Crippen molar-refractivity contribution in [2.45, 2.75) is 52.9 Å². The van der Waals surface area contributed by atoms with Crippen molar-refractivity contribution in [3.63, 3.8) is 0 Å². The van der Waals surface area contributed by atoms with Crippen molar-refractivity contribution in [3.05, 3.63) is 0 Å². The summed E-state index contributed by atoms with van der Waals surface area (Å²) in [5.74, 6) is 0. The molecule has 0 radical (unpaired) electrons. The second-order valence-corrected chi connectivity index (χ2v) is 7.73. The maximum Gasteiger partial charge on any atom is 0.0546 e. The van der Waals surface area contributed by atoms with Crippen LogP contribution in [-0.2, 0) is 4.74 Å². The molecule has 1 atom stereocenters. The van der Waals surface area contributed by atoms with E-state index in [1.54, 1.807) is 0 Å². The molecule has 0 amide bonds. The van der Waals surface area contributed by atoms with Crippen LogP contribution in [0.25, 0.3) is 0 Å². The molecule has 3 heteroatoms. The molecule has 2 rings (SSSR count). The SMILES string of the molecule is CCNCC1(CN2CCCC(C)(C)CC2)CCCOC1. The molecule has 0 aliphatic carbocycles. The van der Waals surface area contributed by atoms with Gasteiger partial charge in [0.2, 0.25) is 0 Å². The lowest BCUT2D eigenvalue weighted by molar-refractivity contribution is -0.0258. The van der Waals surface area contributed by atoms with Crippen molar-refractivity contribution < 1.29 is 4.74 Å². The van der Waals surface area contributed by atoms with Crippen LogP contribution in [0, 0.1) is 10.8 Å². The van der Waals surface area contributed by atoms with Gasteiger partial charge < -0.3 is 15.0 Å². The lowest BCUT2D eigenvalue weighted by Gasteiger charge is -2.41. The van der Waals surface area contributed by atoms with E-state index in [1.165, 1.54) is 51.7 Å². The largest absolute Gasteiger partial charge is 0.381 e. The Hall–Kier alpha value is -0.120. The Balaban J connectivity index is 1.93. The van der Waals surface area contributed by atoms with Crippen LogP contribution in [0.15, 0.2) is 0 Å². The highest BCUT2D eigenvalue weighted by molar-refractivity contribution is 4.88. The lowest BCUT2D eigenvalue weighted by atomic mass is 9.81. The molecular formula is C17H34N2O. The maximum atomic E-state index is 5.83. The van der Waals surface area contributed by atoms with Crippen molar-refractivity contribution in [1.82, 2.24) is 10.2 Å². The Bertz CT molecular complexity index is 285. The molecule has 2 saturated heterocycles. The Morgan fingerprint density at radius 3 is 2.65 bits per heavy atom. The molecule has 3 nitrogen and oxygen atoms in total. The summed E-state index contributed by atoms with van der Waals surface area (Å²) in [6.45, 7) is 14.9. The molecule has 0 aromatic carbocycles. The van der Waals surface area contributed by atoms with Crippen LogP contribution in [0.1, 0.15) is 52.9 Å². The Kier molecular flexibility index (Phi) is 5.88. The summed E-state index contributed by atoms with van der Waals surface area (Å²) in [6.07, 6.45) is 6.61. The minimum atomic E-state index is 0.350. The molecule has 0 bridgehead atoms. The molecule has 1 N–H and O–H groups in total. The second-order valence-electron chi connectivity index (χ2n) is 7.73. The first kappa shape index (κ1) is 16.3. The van der Waals surface area contributed by atoms with Gasteiger partial charge in [0, 0.05) is 25.1 Å². The number of rotatable bonds is 5. The third kappa shape index (κ3) is 4.71. The predicted octanol–water partition coefficient (Wildman–Crippen LogP) is 2.90. The number of nitrogens with zero attached hydrogens (tertiary/aromatic N) is 1. The lowest BCUT2D eigenvalue weighted by Crippen LogP contribution is -2.49. The van der Waals surface area contributed by atoms with Gasteiger partial charge in [-0.2, -0.15) is 0 Å². The van der Waals surface area contributed by atoms with Crippen molar-refractivity contribution in [2.24, 2.45) is 10.8 Å². The topological polar surface area (TPSA) is 24.5 Å². The molecule has 2 heterocycles. The first-order chi connectivity index (χ1) is 9.55. The van der Waals surface area contributed by atoms with Crippen molar-refractivity contribution in [2.75, 3.05) is 45.9 Å². The molecule has 0 aromatic heterocycles. The molecule has 0 aromatic rings. The number of hydrogen-bond donors (Lipinski definition) is 1. The van der Waals surface area contributed by atoms with Crippen LogP contribution in [0.4, 0.5) is 0 Å². The second kappa shape index (κ2) is 7.24. The highest BCUT2D eigenvalue weighted by atomic mass is 16.5. The van der Waals surface area contributed by atoms with E-state index in [-0.39, 0.29) is 0 Å². The van der Waals surface area contributed by atoms with Crippen LogP contribution in [0.2, 0.25) is 0 Å². The molecule has 2 aliphatic heterocycles. The van der Waals surface area contributed by atoms with Crippen LogP contribution < -0.4 is 5.32 Å². The summed E-state index contributed by atoms with van der Waals surface area (Å²) in [4.78, 5) is 2.71. The van der Waals surface area contributed by atoms with Gasteiger partial charge in [-0.05, 0) is 57.2 Å². The normalized spacial score (nSPS) is 31.9. The van der Waals surface area contributed by atoms with E-state index in [4.69, 9.17) is 4.74 Å². The van der Waals surface area contributed by atoms with Gasteiger partial charge in [-0.15, -0.1) is 0 Å². The van der Waals surface area contributed by atoms with E-state index in [2.05, 4.69) is 31.0 Å². The van der Waals surface area contributed by atoms with E-state index in [0.29, 0.717) is 10.8 Å². The Labute approximate surface area is 125 Å². The molecule has 1 unspecified atom stereocenters. The molecule has 0 saturated carbocycles. The minimum Gasteiger partial charge on any atom is -0.381 e. The monoisotopic (exact) mass is 282 g/mol. The third-order valence-electron chi connectivity index (χ3n) is 5.15. The van der Waals surface area contributed by atoms with Gasteiger partial charge in [-0.25, -0.2) is 0 Å². The van der Waals surface area contributed by atoms with Gasteiger partial charge in [-0.3, -0.25) is 0 Å². The molecule has 2 fully saturated rings. The van der Waals surface area contributed by atoms with Crippen molar-refractivity contribution in [3.8, 4) is 0 Å². The average molecular weight is 282 g/mol. The van der Waals surface area contributed by atoms with Crippen molar-refractivity contribution in [1.29, 1.82) is 0 Å². The van der Waals surface area contributed by atoms with Gasteiger partial charge in [0.15, 0.2) is 0 Å². The van der Waals surface area contributed by atoms with Gasteiger partial charge in [-0.1, -0.05) is 20.8 Å². The number of ether oxygens (including phenoxy) is 1. The molecule has 0 spiro atoms. The van der Waals surface area contributed by atoms with Crippen LogP contribution in [-0.4, -0.2) is 50.8 Å². The number of nitrogens with one attached hydrogen (secondary N) is 1. The van der Waals surface area contributed by atoms with Crippen LogP contribution in [0.3, 0.4) is 0 Å². The van der Waals surface area contributed by atoms with E-state index in [9.17, 15) is 0 Å². The van der Waals surface area contributed by atoms with E-state index >= 15 is 0 Å². The molecule has 118 valence electrons. The highest BCUT2D eigenvalue weighted by Gasteiger charge is 2.35. The fraction of sp³-hybridized carbons (Fsp3) is 1.00. The zero-order valence-electron chi connectivity index (χ0n) is 13.8.